The van der Waals surface area contributed by atoms with E-state index in [2.05, 4.69) is 5.32 Å². The first-order valence-corrected chi connectivity index (χ1v) is 9.09. The average molecular weight is 330 g/mol. The summed E-state index contributed by atoms with van der Waals surface area (Å²) < 4.78 is 29.5. The second-order valence-corrected chi connectivity index (χ2v) is 8.63. The Kier molecular flexibility index (Phi) is 5.81. The van der Waals surface area contributed by atoms with Gasteiger partial charge in [0, 0.05) is 13.5 Å². The molecule has 1 rings (SSSR count). The van der Waals surface area contributed by atoms with E-state index in [4.69, 9.17) is 4.42 Å². The summed E-state index contributed by atoms with van der Waals surface area (Å²) in [4.78, 5) is 12.1. The number of sulfonamides is 1. The molecule has 1 amide bonds. The van der Waals surface area contributed by atoms with Crippen molar-refractivity contribution in [1.82, 2.24) is 9.62 Å². The maximum Gasteiger partial charge on any atom is 0.235 e. The first kappa shape index (κ1) is 18.7. The van der Waals surface area contributed by atoms with E-state index in [1.165, 1.54) is 7.05 Å². The zero-order valence-electron chi connectivity index (χ0n) is 14.1. The van der Waals surface area contributed by atoms with Crippen LogP contribution in [0.15, 0.2) is 16.5 Å². The lowest BCUT2D eigenvalue weighted by Gasteiger charge is -2.30. The Morgan fingerprint density at radius 1 is 1.36 bits per heavy atom. The second-order valence-electron chi connectivity index (χ2n) is 6.54. The molecule has 6 nitrogen and oxygen atoms in total. The van der Waals surface area contributed by atoms with Crippen LogP contribution in [-0.4, -0.2) is 38.5 Å². The van der Waals surface area contributed by atoms with Crippen molar-refractivity contribution in [1.29, 1.82) is 0 Å². The first-order valence-electron chi connectivity index (χ1n) is 7.24. The minimum absolute atomic E-state index is 0.216. The van der Waals surface area contributed by atoms with Crippen LogP contribution in [0.5, 0.6) is 0 Å². The van der Waals surface area contributed by atoms with Crippen LogP contribution in [0.2, 0.25) is 0 Å². The fraction of sp³-hybridized carbons (Fsp3) is 0.667. The predicted molar refractivity (Wildman–Crippen MR) is 85.9 cm³/mol. The van der Waals surface area contributed by atoms with Crippen LogP contribution in [0, 0.1) is 5.41 Å². The van der Waals surface area contributed by atoms with E-state index in [0.29, 0.717) is 5.76 Å². The normalized spacial score (nSPS) is 14.1. The van der Waals surface area contributed by atoms with Crippen LogP contribution in [0.3, 0.4) is 0 Å². The fourth-order valence-corrected chi connectivity index (χ4v) is 2.33. The van der Waals surface area contributed by atoms with E-state index in [9.17, 15) is 13.2 Å². The van der Waals surface area contributed by atoms with E-state index < -0.39 is 10.0 Å². The van der Waals surface area contributed by atoms with Crippen molar-refractivity contribution in [3.05, 3.63) is 23.7 Å². The lowest BCUT2D eigenvalue weighted by atomic mass is 9.85. The molecule has 0 saturated carbocycles. The van der Waals surface area contributed by atoms with Crippen molar-refractivity contribution >= 4 is 15.9 Å². The highest BCUT2D eigenvalue weighted by Crippen LogP contribution is 2.33. The molecule has 1 heterocycles. The third kappa shape index (κ3) is 5.14. The number of aryl methyl sites for hydroxylation is 1. The van der Waals surface area contributed by atoms with Crippen molar-refractivity contribution in [2.24, 2.45) is 5.41 Å². The second kappa shape index (κ2) is 6.83. The lowest BCUT2D eigenvalue weighted by Crippen LogP contribution is -2.42. The first-order chi connectivity index (χ1) is 9.95. The van der Waals surface area contributed by atoms with Gasteiger partial charge in [0.15, 0.2) is 0 Å². The third-order valence-electron chi connectivity index (χ3n) is 3.42. The summed E-state index contributed by atoms with van der Waals surface area (Å²) in [5.74, 6) is 1.17. The van der Waals surface area contributed by atoms with Gasteiger partial charge in [0.2, 0.25) is 15.9 Å². The van der Waals surface area contributed by atoms with Gasteiger partial charge in [-0.05, 0) is 17.5 Å². The number of amides is 1. The van der Waals surface area contributed by atoms with Crippen LogP contribution in [0.25, 0.3) is 0 Å². The summed E-state index contributed by atoms with van der Waals surface area (Å²) in [7, 11) is -2.01. The molecule has 7 heteroatoms. The molecule has 1 aromatic rings. The van der Waals surface area contributed by atoms with Gasteiger partial charge in [-0.1, -0.05) is 27.7 Å². The molecule has 0 radical (unpaired) electrons. The van der Waals surface area contributed by atoms with Crippen LogP contribution >= 0.6 is 0 Å². The van der Waals surface area contributed by atoms with E-state index in [1.807, 2.05) is 39.8 Å². The van der Waals surface area contributed by atoms with Gasteiger partial charge in [0.05, 0.1) is 18.8 Å². The Morgan fingerprint density at radius 3 is 2.36 bits per heavy atom. The highest BCUT2D eigenvalue weighted by Gasteiger charge is 2.31. The maximum atomic E-state index is 12.1. The van der Waals surface area contributed by atoms with Crippen molar-refractivity contribution in [3.63, 3.8) is 0 Å². The molecule has 0 saturated heterocycles. The molecule has 0 aliphatic carbocycles. The number of carbonyl (C=O) groups is 1. The molecule has 0 bridgehead atoms. The molecule has 0 fully saturated rings. The van der Waals surface area contributed by atoms with Gasteiger partial charge >= 0.3 is 0 Å². The Hall–Kier alpha value is -1.34. The van der Waals surface area contributed by atoms with Gasteiger partial charge in [-0.15, -0.1) is 0 Å². The zero-order valence-corrected chi connectivity index (χ0v) is 15.0. The summed E-state index contributed by atoms with van der Waals surface area (Å²) >= 11 is 0. The van der Waals surface area contributed by atoms with Crippen molar-refractivity contribution in [2.45, 2.75) is 40.2 Å². The van der Waals surface area contributed by atoms with Gasteiger partial charge in [-0.25, -0.2) is 8.42 Å². The molecule has 0 aliphatic heterocycles. The van der Waals surface area contributed by atoms with Crippen LogP contribution in [0.1, 0.15) is 45.3 Å². The highest BCUT2D eigenvalue weighted by molar-refractivity contribution is 7.88. The zero-order chi connectivity index (χ0) is 17.1. The van der Waals surface area contributed by atoms with Gasteiger partial charge < -0.3 is 9.73 Å². The molecule has 1 atom stereocenters. The van der Waals surface area contributed by atoms with E-state index in [1.54, 1.807) is 0 Å². The number of furan rings is 1. The third-order valence-corrected chi connectivity index (χ3v) is 4.68. The Labute approximate surface area is 132 Å². The summed E-state index contributed by atoms with van der Waals surface area (Å²) in [5, 5.41) is 2.87. The molecule has 0 aromatic carbocycles. The standard InChI is InChI=1S/C15H26N2O4S/c1-7-11-8-9-12(21-11)14(15(2,3)4)16-13(18)10-17(5)22(6,19)20/h8-9,14H,7,10H2,1-6H3,(H,16,18)/t14-/m1/s1. The number of rotatable bonds is 6. The van der Waals surface area contributed by atoms with Crippen LogP contribution < -0.4 is 5.32 Å². The molecule has 0 unspecified atom stereocenters. The quantitative estimate of drug-likeness (QED) is 0.864. The molecule has 0 aliphatic rings. The summed E-state index contributed by atoms with van der Waals surface area (Å²) in [5.41, 5.74) is -0.262. The molecule has 1 aromatic heterocycles. The fourth-order valence-electron chi connectivity index (χ4n) is 1.98. The summed E-state index contributed by atoms with van der Waals surface area (Å²) in [6.45, 7) is 7.76. The predicted octanol–water partition coefficient (Wildman–Crippen LogP) is 1.94. The minimum atomic E-state index is -3.38. The lowest BCUT2D eigenvalue weighted by molar-refractivity contribution is -0.122. The SMILES string of the molecule is CCc1ccc([C@@H](NC(=O)CN(C)S(C)(=O)=O)C(C)(C)C)o1. The minimum Gasteiger partial charge on any atom is -0.464 e. The smallest absolute Gasteiger partial charge is 0.235 e. The highest BCUT2D eigenvalue weighted by atomic mass is 32.2. The molecule has 1 N–H and O–H groups in total. The summed E-state index contributed by atoms with van der Waals surface area (Å²) in [6.07, 6.45) is 1.85. The average Bonchev–Trinajstić information content (AvgIpc) is 2.81. The molecular formula is C15H26N2O4S. The van der Waals surface area contributed by atoms with Crippen molar-refractivity contribution < 1.29 is 17.6 Å². The maximum absolute atomic E-state index is 12.1. The van der Waals surface area contributed by atoms with Crippen LogP contribution in [0.4, 0.5) is 0 Å². The topological polar surface area (TPSA) is 79.6 Å². The Balaban J connectivity index is 2.89. The molecule has 0 spiro atoms. The number of likely N-dealkylation sites (N-methyl/N-ethyl adjacent to an activating group) is 1. The van der Waals surface area contributed by atoms with E-state index in [-0.39, 0.29) is 23.9 Å². The van der Waals surface area contributed by atoms with E-state index in [0.717, 1.165) is 22.7 Å². The summed E-state index contributed by atoms with van der Waals surface area (Å²) in [6, 6.07) is 3.42. The monoisotopic (exact) mass is 330 g/mol. The Morgan fingerprint density at radius 2 is 1.95 bits per heavy atom. The van der Waals surface area contributed by atoms with Crippen molar-refractivity contribution in [3.8, 4) is 0 Å². The van der Waals surface area contributed by atoms with Crippen molar-refractivity contribution in [2.75, 3.05) is 19.8 Å². The van der Waals surface area contributed by atoms with E-state index >= 15 is 0 Å². The number of nitrogens with zero attached hydrogens (tertiary/aromatic N) is 1. The number of nitrogens with one attached hydrogen (secondary N) is 1. The van der Waals surface area contributed by atoms with Gasteiger partial charge in [-0.3, -0.25) is 4.79 Å². The largest absolute Gasteiger partial charge is 0.464 e. The number of hydrogen-bond acceptors (Lipinski definition) is 4. The molecule has 126 valence electrons. The van der Waals surface area contributed by atoms with Gasteiger partial charge in [0.25, 0.3) is 0 Å². The number of hydrogen-bond donors (Lipinski definition) is 1. The Bertz CT molecular complexity index is 614. The van der Waals surface area contributed by atoms with Gasteiger partial charge in [0.1, 0.15) is 11.5 Å². The van der Waals surface area contributed by atoms with Gasteiger partial charge in [-0.2, -0.15) is 4.31 Å². The number of carbonyl (C=O) groups excluding carboxylic acids is 1. The molecular weight excluding hydrogens is 304 g/mol. The molecule has 22 heavy (non-hydrogen) atoms. The van der Waals surface area contributed by atoms with Crippen LogP contribution in [-0.2, 0) is 21.2 Å².